The van der Waals surface area contributed by atoms with Crippen molar-refractivity contribution in [3.63, 3.8) is 0 Å². The van der Waals surface area contributed by atoms with Crippen molar-refractivity contribution in [1.82, 2.24) is 4.57 Å². The Bertz CT molecular complexity index is 4220. The van der Waals surface area contributed by atoms with Crippen LogP contribution >= 0.6 is 11.3 Å². The van der Waals surface area contributed by atoms with Gasteiger partial charge in [0, 0.05) is 59.0 Å². The summed E-state index contributed by atoms with van der Waals surface area (Å²) >= 11 is 1.86. The molecule has 2 aromatic heterocycles. The van der Waals surface area contributed by atoms with Crippen molar-refractivity contribution in [2.24, 2.45) is 0 Å². The molecule has 0 saturated carbocycles. The fourth-order valence-corrected chi connectivity index (χ4v) is 12.8. The zero-order chi connectivity index (χ0) is 47.9. The van der Waals surface area contributed by atoms with Crippen LogP contribution in [0.5, 0.6) is 0 Å². The molecule has 0 aliphatic heterocycles. The first-order chi connectivity index (χ1) is 35.5. The molecular formula is C69H48N2S. The van der Waals surface area contributed by atoms with Crippen LogP contribution < -0.4 is 4.90 Å². The summed E-state index contributed by atoms with van der Waals surface area (Å²) in [6.45, 7) is 4.78. The van der Waals surface area contributed by atoms with Crippen LogP contribution in [0.3, 0.4) is 0 Å². The van der Waals surface area contributed by atoms with Crippen LogP contribution in [0.4, 0.5) is 17.1 Å². The van der Waals surface area contributed by atoms with Crippen molar-refractivity contribution in [2.75, 3.05) is 4.90 Å². The van der Waals surface area contributed by atoms with Gasteiger partial charge in [-0.25, -0.2) is 0 Å². The van der Waals surface area contributed by atoms with Crippen LogP contribution in [-0.2, 0) is 5.41 Å². The predicted octanol–water partition coefficient (Wildman–Crippen LogP) is 19.6. The molecular weight excluding hydrogens is 889 g/mol. The largest absolute Gasteiger partial charge is 0.310 e. The number of hydrogen-bond acceptors (Lipinski definition) is 2. The number of anilines is 3. The number of rotatable bonds is 8. The maximum Gasteiger partial charge on any atom is 0.0547 e. The summed E-state index contributed by atoms with van der Waals surface area (Å²) < 4.78 is 5.05. The van der Waals surface area contributed by atoms with E-state index in [4.69, 9.17) is 0 Å². The minimum atomic E-state index is -0.194. The van der Waals surface area contributed by atoms with Crippen LogP contribution in [0.2, 0.25) is 0 Å². The van der Waals surface area contributed by atoms with E-state index >= 15 is 0 Å². The van der Waals surface area contributed by atoms with Crippen molar-refractivity contribution in [3.8, 4) is 61.3 Å². The van der Waals surface area contributed by atoms with Crippen molar-refractivity contribution in [1.29, 1.82) is 0 Å². The highest BCUT2D eigenvalue weighted by Gasteiger charge is 2.36. The average Bonchev–Trinajstić information content (AvgIpc) is 4.06. The number of para-hydroxylation sites is 3. The molecule has 1 aliphatic rings. The SMILES string of the molecule is CC1(C)c2ccc(-c3ccccc3N(c3ccc(-c4ccccc4)cc3)c3ccc(-c4ccc5sc6ccccc6c5c4)cc3)cc2-c2ccc(-c3cccc4c3c3ccccc3n4-c3ccccc3)cc21. The average molecular weight is 937 g/mol. The lowest BCUT2D eigenvalue weighted by Gasteiger charge is -2.28. The molecule has 0 fully saturated rings. The zero-order valence-electron chi connectivity index (χ0n) is 40.1. The lowest BCUT2D eigenvalue weighted by Crippen LogP contribution is -2.15. The molecule has 0 unspecified atom stereocenters. The van der Waals surface area contributed by atoms with Gasteiger partial charge in [-0.1, -0.05) is 184 Å². The monoisotopic (exact) mass is 936 g/mol. The number of aromatic nitrogens is 1. The molecule has 11 aromatic carbocycles. The van der Waals surface area contributed by atoms with Crippen molar-refractivity contribution >= 4 is 70.4 Å². The standard InChI is InChI=1S/C69H48N2S/c1-69(2)61-40-33-49(43-59(61)56-39-32-50(44-62(56)69)55-23-15-26-65-68(55)58-22-10-13-25-64(58)71(65)51-18-7-4-8-19-51)54-20-9-12-24-63(54)70(52-35-28-46(29-36-52)45-16-5-3-6-17-45)53-37-30-47(31-38-53)48-34-41-67-60(42-48)57-21-11-14-27-66(57)72-67/h3-44H,1-2H3. The van der Waals surface area contributed by atoms with E-state index in [2.05, 4.69) is 278 Å². The Morgan fingerprint density at radius 2 is 0.917 bits per heavy atom. The van der Waals surface area contributed by atoms with Gasteiger partial charge in [0.2, 0.25) is 0 Å². The van der Waals surface area contributed by atoms with Crippen LogP contribution in [-0.4, -0.2) is 4.57 Å². The summed E-state index contributed by atoms with van der Waals surface area (Å²) in [5, 5.41) is 5.18. The van der Waals surface area contributed by atoms with Gasteiger partial charge < -0.3 is 9.47 Å². The molecule has 0 atom stereocenters. The van der Waals surface area contributed by atoms with E-state index < -0.39 is 0 Å². The fraction of sp³-hybridized carbons (Fsp3) is 0.0435. The molecule has 1 aliphatic carbocycles. The molecule has 340 valence electrons. The predicted molar refractivity (Wildman–Crippen MR) is 308 cm³/mol. The zero-order valence-corrected chi connectivity index (χ0v) is 40.9. The molecule has 0 radical (unpaired) electrons. The van der Waals surface area contributed by atoms with E-state index in [0.29, 0.717) is 0 Å². The van der Waals surface area contributed by atoms with Crippen molar-refractivity contribution < 1.29 is 0 Å². The normalized spacial score (nSPS) is 12.7. The van der Waals surface area contributed by atoms with Gasteiger partial charge in [0.05, 0.1) is 16.7 Å². The summed E-state index contributed by atoms with van der Waals surface area (Å²) in [6, 6.07) is 94.1. The molecule has 3 heteroatoms. The van der Waals surface area contributed by atoms with Gasteiger partial charge in [0.25, 0.3) is 0 Å². The third-order valence-electron chi connectivity index (χ3n) is 15.2. The Balaban J connectivity index is 0.867. The number of hydrogen-bond donors (Lipinski definition) is 0. The molecule has 2 nitrogen and oxygen atoms in total. The van der Waals surface area contributed by atoms with E-state index in [0.717, 1.165) is 17.1 Å². The second kappa shape index (κ2) is 16.7. The Morgan fingerprint density at radius 1 is 0.347 bits per heavy atom. The minimum Gasteiger partial charge on any atom is -0.310 e. The quantitative estimate of drug-likeness (QED) is 0.147. The van der Waals surface area contributed by atoms with Gasteiger partial charge in [-0.15, -0.1) is 11.3 Å². The van der Waals surface area contributed by atoms with E-state index in [9.17, 15) is 0 Å². The first kappa shape index (κ1) is 42.1. The number of fused-ring (bicyclic) bond motifs is 9. The Kier molecular flexibility index (Phi) is 9.77. The van der Waals surface area contributed by atoms with E-state index in [1.807, 2.05) is 11.3 Å². The lowest BCUT2D eigenvalue weighted by molar-refractivity contribution is 0.660. The maximum absolute atomic E-state index is 2.47. The number of thiophene rings is 1. The molecule has 14 rings (SSSR count). The van der Waals surface area contributed by atoms with E-state index in [-0.39, 0.29) is 5.41 Å². The number of benzene rings is 11. The molecule has 0 bridgehead atoms. The van der Waals surface area contributed by atoms with Gasteiger partial charge in [0.15, 0.2) is 0 Å². The summed E-state index contributed by atoms with van der Waals surface area (Å²) in [4.78, 5) is 2.43. The second-order valence-electron chi connectivity index (χ2n) is 19.7. The highest BCUT2D eigenvalue weighted by Crippen LogP contribution is 2.52. The highest BCUT2D eigenvalue weighted by molar-refractivity contribution is 7.25. The summed E-state index contributed by atoms with van der Waals surface area (Å²) in [5.41, 5.74) is 21.7. The van der Waals surface area contributed by atoms with Gasteiger partial charge in [-0.3, -0.25) is 0 Å². The van der Waals surface area contributed by atoms with Gasteiger partial charge in [-0.05, 0) is 146 Å². The lowest BCUT2D eigenvalue weighted by atomic mass is 9.81. The Labute approximate surface area is 424 Å². The van der Waals surface area contributed by atoms with Crippen LogP contribution in [0.15, 0.2) is 255 Å². The summed E-state index contributed by atoms with van der Waals surface area (Å²) in [5.74, 6) is 0. The van der Waals surface area contributed by atoms with Crippen LogP contribution in [0.25, 0.3) is 103 Å². The third-order valence-corrected chi connectivity index (χ3v) is 16.4. The second-order valence-corrected chi connectivity index (χ2v) is 20.7. The van der Waals surface area contributed by atoms with Gasteiger partial charge in [-0.2, -0.15) is 0 Å². The molecule has 2 heterocycles. The molecule has 72 heavy (non-hydrogen) atoms. The Hall–Kier alpha value is -8.76. The van der Waals surface area contributed by atoms with E-state index in [1.54, 1.807) is 0 Å². The van der Waals surface area contributed by atoms with Gasteiger partial charge in [0.1, 0.15) is 0 Å². The smallest absolute Gasteiger partial charge is 0.0547 e. The first-order valence-electron chi connectivity index (χ1n) is 24.9. The van der Waals surface area contributed by atoms with Crippen LogP contribution in [0, 0.1) is 0 Å². The highest BCUT2D eigenvalue weighted by atomic mass is 32.1. The molecule has 0 spiro atoms. The maximum atomic E-state index is 2.47. The molecule has 13 aromatic rings. The Morgan fingerprint density at radius 3 is 1.71 bits per heavy atom. The molecule has 0 amide bonds. The van der Waals surface area contributed by atoms with Gasteiger partial charge >= 0.3 is 0 Å². The van der Waals surface area contributed by atoms with Crippen LogP contribution in [0.1, 0.15) is 25.0 Å². The molecule has 0 N–H and O–H groups in total. The van der Waals surface area contributed by atoms with Crippen molar-refractivity contribution in [3.05, 3.63) is 266 Å². The fourth-order valence-electron chi connectivity index (χ4n) is 11.7. The summed E-state index contributed by atoms with van der Waals surface area (Å²) in [7, 11) is 0. The summed E-state index contributed by atoms with van der Waals surface area (Å²) in [6.07, 6.45) is 0. The topological polar surface area (TPSA) is 8.17 Å². The minimum absolute atomic E-state index is 0.194. The van der Waals surface area contributed by atoms with Crippen molar-refractivity contribution in [2.45, 2.75) is 19.3 Å². The third kappa shape index (κ3) is 6.77. The first-order valence-corrected chi connectivity index (χ1v) is 25.7. The molecule has 0 saturated heterocycles. The number of nitrogens with zero attached hydrogens (tertiary/aromatic N) is 2. The van der Waals surface area contributed by atoms with E-state index in [1.165, 1.54) is 114 Å².